The molecule has 19 heavy (non-hydrogen) atoms. The van der Waals surface area contributed by atoms with Gasteiger partial charge in [-0.05, 0) is 12.1 Å². The fourth-order valence-electron chi connectivity index (χ4n) is 1.97. The standard InChI is InChI=1S/C13H20N4O2/c1-19-9-4-13(18)16-12-3-2-11(10-15-12)17-7-5-14-6-8-17/h2-3,10,14H,4-9H2,1H3,(H,15,16,18). The monoisotopic (exact) mass is 264 g/mol. The van der Waals surface area contributed by atoms with Crippen molar-refractivity contribution in [2.24, 2.45) is 0 Å². The number of nitrogens with one attached hydrogen (secondary N) is 2. The van der Waals surface area contributed by atoms with E-state index in [4.69, 9.17) is 4.74 Å². The highest BCUT2D eigenvalue weighted by atomic mass is 16.5. The van der Waals surface area contributed by atoms with Crippen molar-refractivity contribution in [1.82, 2.24) is 10.3 Å². The Balaban J connectivity index is 1.88. The van der Waals surface area contributed by atoms with Gasteiger partial charge in [0.15, 0.2) is 0 Å². The van der Waals surface area contributed by atoms with Crippen molar-refractivity contribution < 1.29 is 9.53 Å². The van der Waals surface area contributed by atoms with Crippen molar-refractivity contribution in [2.75, 3.05) is 50.1 Å². The number of anilines is 2. The summed E-state index contributed by atoms with van der Waals surface area (Å²) in [6, 6.07) is 3.83. The number of rotatable bonds is 5. The van der Waals surface area contributed by atoms with E-state index in [2.05, 4.69) is 20.5 Å². The molecule has 1 amide bonds. The molecule has 0 atom stereocenters. The Bertz CT molecular complexity index is 402. The smallest absolute Gasteiger partial charge is 0.227 e. The average Bonchev–Trinajstić information content (AvgIpc) is 2.47. The summed E-state index contributed by atoms with van der Waals surface area (Å²) in [6.45, 7) is 4.39. The molecule has 2 rings (SSSR count). The lowest BCUT2D eigenvalue weighted by molar-refractivity contribution is -0.117. The highest BCUT2D eigenvalue weighted by Crippen LogP contribution is 2.15. The van der Waals surface area contributed by atoms with Gasteiger partial charge in [0.05, 0.1) is 24.9 Å². The number of pyridine rings is 1. The third kappa shape index (κ3) is 4.18. The molecule has 1 aromatic rings. The number of carbonyl (C=O) groups is 1. The third-order valence-electron chi connectivity index (χ3n) is 3.03. The van der Waals surface area contributed by atoms with E-state index in [0.717, 1.165) is 31.9 Å². The van der Waals surface area contributed by atoms with Crippen LogP contribution in [0.4, 0.5) is 11.5 Å². The van der Waals surface area contributed by atoms with Crippen LogP contribution in [0.2, 0.25) is 0 Å². The molecule has 1 saturated heterocycles. The van der Waals surface area contributed by atoms with E-state index in [1.807, 2.05) is 12.1 Å². The van der Waals surface area contributed by atoms with Gasteiger partial charge in [-0.25, -0.2) is 4.98 Å². The first-order valence-electron chi connectivity index (χ1n) is 6.50. The first kappa shape index (κ1) is 13.8. The van der Waals surface area contributed by atoms with Crippen molar-refractivity contribution in [3.8, 4) is 0 Å². The minimum absolute atomic E-state index is 0.0794. The Morgan fingerprint density at radius 1 is 1.47 bits per heavy atom. The van der Waals surface area contributed by atoms with E-state index in [-0.39, 0.29) is 5.91 Å². The highest BCUT2D eigenvalue weighted by Gasteiger charge is 2.10. The maximum absolute atomic E-state index is 11.5. The van der Waals surface area contributed by atoms with Crippen molar-refractivity contribution in [3.05, 3.63) is 18.3 Å². The highest BCUT2D eigenvalue weighted by molar-refractivity contribution is 5.89. The van der Waals surface area contributed by atoms with Gasteiger partial charge in [0, 0.05) is 33.3 Å². The third-order valence-corrected chi connectivity index (χ3v) is 3.03. The Morgan fingerprint density at radius 2 is 2.26 bits per heavy atom. The summed E-state index contributed by atoms with van der Waals surface area (Å²) in [6.07, 6.45) is 2.15. The second kappa shape index (κ2) is 7.06. The van der Waals surface area contributed by atoms with Gasteiger partial charge in [0.1, 0.15) is 5.82 Å². The Kier molecular flexibility index (Phi) is 5.11. The number of nitrogens with zero attached hydrogens (tertiary/aromatic N) is 2. The first-order chi connectivity index (χ1) is 9.29. The van der Waals surface area contributed by atoms with Gasteiger partial charge in [-0.3, -0.25) is 4.79 Å². The van der Waals surface area contributed by atoms with Crippen LogP contribution >= 0.6 is 0 Å². The van der Waals surface area contributed by atoms with Crippen LogP contribution in [0, 0.1) is 0 Å². The minimum Gasteiger partial charge on any atom is -0.384 e. The number of carbonyl (C=O) groups excluding carboxylic acids is 1. The number of ether oxygens (including phenoxy) is 1. The van der Waals surface area contributed by atoms with Crippen molar-refractivity contribution in [2.45, 2.75) is 6.42 Å². The largest absolute Gasteiger partial charge is 0.384 e. The predicted octanol–water partition coefficient (Wildman–Crippen LogP) is 0.466. The lowest BCUT2D eigenvalue weighted by Gasteiger charge is -2.29. The van der Waals surface area contributed by atoms with Crippen LogP contribution in [-0.4, -0.2) is 50.8 Å². The number of hydrogen-bond donors (Lipinski definition) is 2. The average molecular weight is 264 g/mol. The molecular formula is C13H20N4O2. The molecule has 1 aromatic heterocycles. The molecule has 0 saturated carbocycles. The van der Waals surface area contributed by atoms with Gasteiger partial charge < -0.3 is 20.3 Å². The molecule has 2 heterocycles. The maximum Gasteiger partial charge on any atom is 0.227 e. The molecule has 0 unspecified atom stereocenters. The van der Waals surface area contributed by atoms with Gasteiger partial charge in [0.2, 0.25) is 5.91 Å². The zero-order valence-electron chi connectivity index (χ0n) is 11.2. The van der Waals surface area contributed by atoms with Gasteiger partial charge in [-0.15, -0.1) is 0 Å². The number of methoxy groups -OCH3 is 1. The SMILES string of the molecule is COCCC(=O)Nc1ccc(N2CCNCC2)cn1. The second-order valence-electron chi connectivity index (χ2n) is 4.43. The first-order valence-corrected chi connectivity index (χ1v) is 6.50. The number of amides is 1. The molecule has 1 aliphatic rings. The van der Waals surface area contributed by atoms with Crippen molar-refractivity contribution in [1.29, 1.82) is 0 Å². The quantitative estimate of drug-likeness (QED) is 0.809. The molecule has 1 aliphatic heterocycles. The minimum atomic E-state index is -0.0794. The molecule has 0 aliphatic carbocycles. The summed E-state index contributed by atoms with van der Waals surface area (Å²) >= 11 is 0. The van der Waals surface area contributed by atoms with Gasteiger partial charge in [-0.2, -0.15) is 0 Å². The van der Waals surface area contributed by atoms with Crippen LogP contribution in [0.1, 0.15) is 6.42 Å². The maximum atomic E-state index is 11.5. The summed E-state index contributed by atoms with van der Waals surface area (Å²) in [7, 11) is 1.58. The summed E-state index contributed by atoms with van der Waals surface area (Å²) < 4.78 is 4.85. The van der Waals surface area contributed by atoms with Gasteiger partial charge in [0.25, 0.3) is 0 Å². The molecule has 0 spiro atoms. The second-order valence-corrected chi connectivity index (χ2v) is 4.43. The van der Waals surface area contributed by atoms with Gasteiger partial charge in [-0.1, -0.05) is 0 Å². The van der Waals surface area contributed by atoms with E-state index in [9.17, 15) is 4.79 Å². The van der Waals surface area contributed by atoms with Crippen LogP contribution in [-0.2, 0) is 9.53 Å². The number of aromatic nitrogens is 1. The van der Waals surface area contributed by atoms with Crippen molar-refractivity contribution >= 4 is 17.4 Å². The predicted molar refractivity (Wildman–Crippen MR) is 74.4 cm³/mol. The van der Waals surface area contributed by atoms with E-state index in [0.29, 0.717) is 18.8 Å². The zero-order valence-corrected chi connectivity index (χ0v) is 11.2. The zero-order chi connectivity index (χ0) is 13.5. The van der Waals surface area contributed by atoms with Gasteiger partial charge >= 0.3 is 0 Å². The molecular weight excluding hydrogens is 244 g/mol. The fraction of sp³-hybridized carbons (Fsp3) is 0.538. The van der Waals surface area contributed by atoms with Crippen LogP contribution in [0.25, 0.3) is 0 Å². The molecule has 104 valence electrons. The fourth-order valence-corrected chi connectivity index (χ4v) is 1.97. The van der Waals surface area contributed by atoms with Crippen LogP contribution in [0.3, 0.4) is 0 Å². The molecule has 2 N–H and O–H groups in total. The normalized spacial score (nSPS) is 15.3. The summed E-state index contributed by atoms with van der Waals surface area (Å²) in [5.74, 6) is 0.504. The lowest BCUT2D eigenvalue weighted by Crippen LogP contribution is -2.43. The molecule has 6 heteroatoms. The molecule has 0 bridgehead atoms. The van der Waals surface area contributed by atoms with Crippen LogP contribution < -0.4 is 15.5 Å². The van der Waals surface area contributed by atoms with Crippen molar-refractivity contribution in [3.63, 3.8) is 0 Å². The topological polar surface area (TPSA) is 66.5 Å². The summed E-state index contributed by atoms with van der Waals surface area (Å²) in [5, 5.41) is 6.06. The Morgan fingerprint density at radius 3 is 2.89 bits per heavy atom. The molecule has 6 nitrogen and oxygen atoms in total. The Labute approximate surface area is 113 Å². The number of hydrogen-bond acceptors (Lipinski definition) is 5. The van der Waals surface area contributed by atoms with E-state index in [1.165, 1.54) is 0 Å². The van der Waals surface area contributed by atoms with Crippen LogP contribution in [0.5, 0.6) is 0 Å². The molecule has 1 fully saturated rings. The Hall–Kier alpha value is -1.66. The number of piperazine rings is 1. The van der Waals surface area contributed by atoms with E-state index >= 15 is 0 Å². The molecule has 0 aromatic carbocycles. The van der Waals surface area contributed by atoms with Crippen LogP contribution in [0.15, 0.2) is 18.3 Å². The van der Waals surface area contributed by atoms with E-state index < -0.39 is 0 Å². The summed E-state index contributed by atoms with van der Waals surface area (Å²) in [5.41, 5.74) is 1.09. The van der Waals surface area contributed by atoms with E-state index in [1.54, 1.807) is 13.3 Å². The lowest BCUT2D eigenvalue weighted by atomic mass is 10.3. The summed E-state index contributed by atoms with van der Waals surface area (Å²) in [4.78, 5) is 18.1. The molecule has 0 radical (unpaired) electrons.